The molecule has 292 valence electrons. The second-order valence-corrected chi connectivity index (χ2v) is 15.5. The number of hydrogen-bond acceptors (Lipinski definition) is 6. The highest BCUT2D eigenvalue weighted by Crippen LogP contribution is 2.39. The third kappa shape index (κ3) is 9.14. The summed E-state index contributed by atoms with van der Waals surface area (Å²) in [5, 5.41) is 36.1. The van der Waals surface area contributed by atoms with Gasteiger partial charge in [0.25, 0.3) is 0 Å². The molecule has 1 aliphatic rings. The molecule has 1 aliphatic carbocycles. The monoisotopic (exact) mass is 754 g/mol. The highest BCUT2D eigenvalue weighted by molar-refractivity contribution is 5.87. The number of H-pyrrole nitrogens is 2. The number of aromatic nitrogens is 2. The number of phenols is 2. The quantitative estimate of drug-likeness (QED) is 0.0596. The molecule has 56 heavy (non-hydrogen) atoms. The first-order valence-electron chi connectivity index (χ1n) is 20.1. The molecule has 0 spiro atoms. The lowest BCUT2D eigenvalue weighted by Gasteiger charge is -2.26. The van der Waals surface area contributed by atoms with Gasteiger partial charge >= 0.3 is 0 Å². The van der Waals surface area contributed by atoms with Crippen molar-refractivity contribution in [1.29, 1.82) is 0 Å². The van der Waals surface area contributed by atoms with Gasteiger partial charge in [0.1, 0.15) is 5.78 Å². The topological polar surface area (TPSA) is 128 Å². The lowest BCUT2D eigenvalue weighted by molar-refractivity contribution is -0.125. The number of ether oxygens (including phenoxy) is 2. The molecule has 8 nitrogen and oxygen atoms in total. The number of hydrogen-bond donors (Lipinski definition) is 5. The Morgan fingerprint density at radius 1 is 0.786 bits per heavy atom. The highest BCUT2D eigenvalue weighted by atomic mass is 16.5. The molecule has 0 bridgehead atoms. The van der Waals surface area contributed by atoms with Gasteiger partial charge in [-0.3, -0.25) is 4.79 Å². The van der Waals surface area contributed by atoms with E-state index in [0.717, 1.165) is 70.7 Å². The molecule has 1 saturated carbocycles. The van der Waals surface area contributed by atoms with Gasteiger partial charge in [0.05, 0.1) is 19.3 Å². The molecule has 0 amide bonds. The molecule has 0 unspecified atom stereocenters. The molecule has 5 N–H and O–H groups in total. The van der Waals surface area contributed by atoms with E-state index in [9.17, 15) is 20.1 Å². The Kier molecular flexibility index (Phi) is 12.5. The SMILES string of the molecule is CCc1ccc2ccccc2c1Cc1c(C[C@H](Cc2cc[nH]c2)[C@H](O)CC(=O)[C@H](Cc2cc[nH]c2)Cc2ccc(O)c(OC3CCCC3)c2)ccc(O)c1OC. The van der Waals surface area contributed by atoms with Crippen LogP contribution in [-0.2, 0) is 43.3 Å². The van der Waals surface area contributed by atoms with Crippen LogP contribution >= 0.6 is 0 Å². The first-order chi connectivity index (χ1) is 27.3. The van der Waals surface area contributed by atoms with Crippen molar-refractivity contribution < 1.29 is 29.6 Å². The summed E-state index contributed by atoms with van der Waals surface area (Å²) >= 11 is 0. The van der Waals surface area contributed by atoms with Crippen molar-refractivity contribution in [2.75, 3.05) is 7.11 Å². The van der Waals surface area contributed by atoms with Gasteiger partial charge in [-0.15, -0.1) is 0 Å². The van der Waals surface area contributed by atoms with Gasteiger partial charge in [-0.25, -0.2) is 0 Å². The van der Waals surface area contributed by atoms with Gasteiger partial charge in [-0.1, -0.05) is 55.5 Å². The van der Waals surface area contributed by atoms with Crippen LogP contribution in [0.3, 0.4) is 0 Å². The number of ketones is 1. The Labute approximate surface area is 329 Å². The van der Waals surface area contributed by atoms with Crippen LogP contribution in [0.5, 0.6) is 23.0 Å². The molecule has 6 aromatic rings. The number of nitrogens with one attached hydrogen (secondary N) is 2. The number of benzene rings is 4. The molecule has 8 heteroatoms. The van der Waals surface area contributed by atoms with E-state index >= 15 is 0 Å². The molecule has 4 aromatic carbocycles. The van der Waals surface area contributed by atoms with Crippen LogP contribution in [-0.4, -0.2) is 50.4 Å². The normalized spacial score (nSPS) is 14.8. The number of methoxy groups -OCH3 is 1. The third-order valence-corrected chi connectivity index (χ3v) is 11.7. The Morgan fingerprint density at radius 3 is 2.20 bits per heavy atom. The van der Waals surface area contributed by atoms with E-state index in [0.29, 0.717) is 43.6 Å². The fourth-order valence-electron chi connectivity index (χ4n) is 8.64. The maximum Gasteiger partial charge on any atom is 0.164 e. The predicted octanol–water partition coefficient (Wildman–Crippen LogP) is 9.21. The van der Waals surface area contributed by atoms with E-state index in [4.69, 9.17) is 9.47 Å². The van der Waals surface area contributed by atoms with E-state index in [1.54, 1.807) is 19.2 Å². The molecule has 3 atom stereocenters. The number of aliphatic hydroxyl groups excluding tert-OH is 1. The van der Waals surface area contributed by atoms with Crippen LogP contribution in [0.25, 0.3) is 10.8 Å². The van der Waals surface area contributed by atoms with Gasteiger partial charge in [0.15, 0.2) is 23.0 Å². The molecule has 0 saturated heterocycles. The lowest BCUT2D eigenvalue weighted by atomic mass is 9.81. The minimum Gasteiger partial charge on any atom is -0.504 e. The minimum atomic E-state index is -0.941. The van der Waals surface area contributed by atoms with Crippen molar-refractivity contribution >= 4 is 16.6 Å². The van der Waals surface area contributed by atoms with Crippen molar-refractivity contribution in [2.45, 2.75) is 89.8 Å². The molecule has 2 heterocycles. The average molecular weight is 755 g/mol. The second-order valence-electron chi connectivity index (χ2n) is 15.5. The second kappa shape index (κ2) is 18.0. The molecule has 2 aromatic heterocycles. The zero-order valence-corrected chi connectivity index (χ0v) is 32.5. The number of aromatic amines is 2. The Bertz CT molecular complexity index is 2200. The summed E-state index contributed by atoms with van der Waals surface area (Å²) in [7, 11) is 1.58. The Balaban J connectivity index is 1.17. The predicted molar refractivity (Wildman–Crippen MR) is 221 cm³/mol. The molecule has 0 aliphatic heterocycles. The number of rotatable bonds is 18. The summed E-state index contributed by atoms with van der Waals surface area (Å²) in [5.41, 5.74) is 7.22. The maximum atomic E-state index is 14.4. The van der Waals surface area contributed by atoms with E-state index in [2.05, 4.69) is 47.2 Å². The number of Topliss-reactive ketones (excluding diaryl/α,β-unsaturated/α-hetero) is 1. The van der Waals surface area contributed by atoms with Crippen LogP contribution in [0.4, 0.5) is 0 Å². The van der Waals surface area contributed by atoms with Gasteiger partial charge in [0, 0.05) is 49.1 Å². The van der Waals surface area contributed by atoms with Crippen molar-refractivity contribution in [3.63, 3.8) is 0 Å². The summed E-state index contributed by atoms with van der Waals surface area (Å²) < 4.78 is 12.1. The molecular formula is C48H54N2O6. The maximum absolute atomic E-state index is 14.4. The average Bonchev–Trinajstić information content (AvgIpc) is 4.03. The zero-order valence-electron chi connectivity index (χ0n) is 32.5. The fraction of sp³-hybridized carbons (Fsp3) is 0.354. The van der Waals surface area contributed by atoms with E-state index in [-0.39, 0.29) is 35.7 Å². The van der Waals surface area contributed by atoms with Gasteiger partial charge in [0.2, 0.25) is 0 Å². The number of carbonyl (C=O) groups excluding carboxylic acids is 1. The lowest BCUT2D eigenvalue weighted by Crippen LogP contribution is -2.31. The number of aliphatic hydroxyl groups is 1. The highest BCUT2D eigenvalue weighted by Gasteiger charge is 2.30. The summed E-state index contributed by atoms with van der Waals surface area (Å²) in [4.78, 5) is 20.7. The zero-order chi connectivity index (χ0) is 39.0. The third-order valence-electron chi connectivity index (χ3n) is 11.7. The van der Waals surface area contributed by atoms with E-state index in [1.165, 1.54) is 11.1 Å². The van der Waals surface area contributed by atoms with Crippen LogP contribution in [0, 0.1) is 11.8 Å². The van der Waals surface area contributed by atoms with Crippen molar-refractivity contribution in [3.8, 4) is 23.0 Å². The van der Waals surface area contributed by atoms with Crippen LogP contribution < -0.4 is 9.47 Å². The smallest absolute Gasteiger partial charge is 0.164 e. The summed E-state index contributed by atoms with van der Waals surface area (Å²) in [6.07, 6.45) is 14.3. The van der Waals surface area contributed by atoms with Crippen LogP contribution in [0.15, 0.2) is 104 Å². The van der Waals surface area contributed by atoms with E-state index < -0.39 is 12.0 Å². The summed E-state index contributed by atoms with van der Waals surface area (Å²) in [6, 6.07) is 25.7. The standard InChI is InChI=1S/C48H54N2O6/c1-3-34-13-14-35-8-4-7-11-40(35)41(34)27-42-36(15-17-44(52)48(42)55-2)26-38(24-33-19-21-50-30-33)46(54)28-45(53)37(23-32-18-20-49-29-32)22-31-12-16-43(51)47(25-31)56-39-9-5-6-10-39/h4,7-8,11-21,25,29-30,37-39,46,49-52,54H,3,5-6,9-10,22-24,26-28H2,1-2H3/t37-,38-,46+/m0/s1. The van der Waals surface area contributed by atoms with Crippen molar-refractivity contribution in [3.05, 3.63) is 143 Å². The molecule has 1 fully saturated rings. The number of aryl methyl sites for hydroxylation is 1. The van der Waals surface area contributed by atoms with Gasteiger partial charge in [-0.05, 0) is 138 Å². The fourth-order valence-corrected chi connectivity index (χ4v) is 8.64. The first-order valence-corrected chi connectivity index (χ1v) is 20.1. The first kappa shape index (κ1) is 38.8. The molecular weight excluding hydrogens is 701 g/mol. The minimum absolute atomic E-state index is 0.0123. The van der Waals surface area contributed by atoms with Crippen molar-refractivity contribution in [2.24, 2.45) is 11.8 Å². The summed E-state index contributed by atoms with van der Waals surface area (Å²) in [5.74, 6) is 0.337. The van der Waals surface area contributed by atoms with Crippen molar-refractivity contribution in [1.82, 2.24) is 9.97 Å². The van der Waals surface area contributed by atoms with E-state index in [1.807, 2.05) is 61.2 Å². The van der Waals surface area contributed by atoms with Gasteiger partial charge < -0.3 is 34.8 Å². The Morgan fingerprint density at radius 2 is 1.48 bits per heavy atom. The van der Waals surface area contributed by atoms with Crippen LogP contribution in [0.2, 0.25) is 0 Å². The summed E-state index contributed by atoms with van der Waals surface area (Å²) in [6.45, 7) is 2.16. The number of aromatic hydroxyl groups is 2. The number of phenolic OH excluding ortho intramolecular Hbond substituents is 2. The van der Waals surface area contributed by atoms with Crippen LogP contribution in [0.1, 0.15) is 78.0 Å². The Hall–Kier alpha value is -5.47. The van der Waals surface area contributed by atoms with Gasteiger partial charge in [-0.2, -0.15) is 0 Å². The number of carbonyl (C=O) groups is 1. The largest absolute Gasteiger partial charge is 0.504 e. The molecule has 0 radical (unpaired) electrons. The number of fused-ring (bicyclic) bond motifs is 1. The molecule has 7 rings (SSSR count).